The number of benzene rings is 1. The van der Waals surface area contributed by atoms with Crippen LogP contribution in [-0.4, -0.2) is 21.4 Å². The fourth-order valence-electron chi connectivity index (χ4n) is 1.91. The number of amides is 1. The van der Waals surface area contributed by atoms with Gasteiger partial charge in [0.2, 0.25) is 10.0 Å². The second-order valence-corrected chi connectivity index (χ2v) is 6.82. The van der Waals surface area contributed by atoms with Crippen molar-refractivity contribution in [1.82, 2.24) is 10.0 Å². The molecule has 2 N–H and O–H groups in total. The lowest BCUT2D eigenvalue weighted by Gasteiger charge is -2.06. The SMILES string of the molecule is CNS(=O)(=O)Cc1ccc(CNC(=O)c2occc2C)cc1. The minimum atomic E-state index is -3.28. The maximum atomic E-state index is 11.9. The average molecular weight is 322 g/mol. The molecule has 1 amide bonds. The summed E-state index contributed by atoms with van der Waals surface area (Å²) in [5.74, 6) is -0.0390. The van der Waals surface area contributed by atoms with Gasteiger partial charge in [0.05, 0.1) is 12.0 Å². The van der Waals surface area contributed by atoms with Crippen molar-refractivity contribution >= 4 is 15.9 Å². The standard InChI is InChI=1S/C15H18N2O4S/c1-11-7-8-21-14(11)15(18)17-9-12-3-5-13(6-4-12)10-22(19,20)16-2/h3-8,16H,9-10H2,1-2H3,(H,17,18). The molecule has 0 aliphatic carbocycles. The van der Waals surface area contributed by atoms with Crippen LogP contribution in [0, 0.1) is 6.92 Å². The highest BCUT2D eigenvalue weighted by molar-refractivity contribution is 7.88. The van der Waals surface area contributed by atoms with Crippen molar-refractivity contribution in [3.05, 3.63) is 59.0 Å². The van der Waals surface area contributed by atoms with Gasteiger partial charge in [-0.3, -0.25) is 4.79 Å². The third-order valence-electron chi connectivity index (χ3n) is 3.21. The highest BCUT2D eigenvalue weighted by Crippen LogP contribution is 2.10. The van der Waals surface area contributed by atoms with Crippen LogP contribution in [0.4, 0.5) is 0 Å². The van der Waals surface area contributed by atoms with Gasteiger partial charge in [-0.05, 0) is 31.2 Å². The first-order chi connectivity index (χ1) is 10.4. The molecule has 2 rings (SSSR count). The lowest BCUT2D eigenvalue weighted by atomic mass is 10.1. The fraction of sp³-hybridized carbons (Fsp3) is 0.267. The van der Waals surface area contributed by atoms with Crippen LogP contribution in [0.5, 0.6) is 0 Å². The summed E-state index contributed by atoms with van der Waals surface area (Å²) in [6, 6.07) is 8.76. The molecule has 0 unspecified atom stereocenters. The summed E-state index contributed by atoms with van der Waals surface area (Å²) in [6.45, 7) is 2.15. The van der Waals surface area contributed by atoms with Crippen LogP contribution in [-0.2, 0) is 22.3 Å². The Morgan fingerprint density at radius 3 is 2.32 bits per heavy atom. The average Bonchev–Trinajstić information content (AvgIpc) is 2.92. The van der Waals surface area contributed by atoms with Crippen molar-refractivity contribution in [3.63, 3.8) is 0 Å². The number of carbonyl (C=O) groups excluding carboxylic acids is 1. The molecule has 6 nitrogen and oxygen atoms in total. The Balaban J connectivity index is 1.95. The Labute approximate surface area is 129 Å². The maximum Gasteiger partial charge on any atom is 0.287 e. The first kappa shape index (κ1) is 16.3. The molecule has 0 aliphatic rings. The van der Waals surface area contributed by atoms with Crippen molar-refractivity contribution in [2.75, 3.05) is 7.05 Å². The number of rotatable bonds is 6. The van der Waals surface area contributed by atoms with Gasteiger partial charge < -0.3 is 9.73 Å². The van der Waals surface area contributed by atoms with Crippen molar-refractivity contribution < 1.29 is 17.6 Å². The minimum Gasteiger partial charge on any atom is -0.459 e. The van der Waals surface area contributed by atoms with Crippen molar-refractivity contribution in [3.8, 4) is 0 Å². The summed E-state index contributed by atoms with van der Waals surface area (Å²) in [5, 5.41) is 2.76. The van der Waals surface area contributed by atoms with Gasteiger partial charge in [0, 0.05) is 12.1 Å². The van der Waals surface area contributed by atoms with Gasteiger partial charge in [0.15, 0.2) is 5.76 Å². The van der Waals surface area contributed by atoms with Gasteiger partial charge in [-0.15, -0.1) is 0 Å². The molecule has 0 spiro atoms. The van der Waals surface area contributed by atoms with E-state index in [-0.39, 0.29) is 11.7 Å². The number of carbonyl (C=O) groups is 1. The first-order valence-corrected chi connectivity index (χ1v) is 8.38. The van der Waals surface area contributed by atoms with E-state index in [9.17, 15) is 13.2 Å². The van der Waals surface area contributed by atoms with E-state index in [1.165, 1.54) is 13.3 Å². The molecule has 0 bridgehead atoms. The van der Waals surface area contributed by atoms with Crippen LogP contribution in [0.25, 0.3) is 0 Å². The van der Waals surface area contributed by atoms with Crippen molar-refractivity contribution in [1.29, 1.82) is 0 Å². The van der Waals surface area contributed by atoms with E-state index < -0.39 is 10.0 Å². The molecule has 1 aromatic heterocycles. The Kier molecular flexibility index (Phi) is 4.99. The third-order valence-corrected chi connectivity index (χ3v) is 4.55. The Morgan fingerprint density at radius 1 is 1.14 bits per heavy atom. The second kappa shape index (κ2) is 6.76. The first-order valence-electron chi connectivity index (χ1n) is 6.72. The molecule has 7 heteroatoms. The number of furan rings is 1. The molecule has 1 heterocycles. The van der Waals surface area contributed by atoms with E-state index in [1.807, 2.05) is 0 Å². The van der Waals surface area contributed by atoms with Gasteiger partial charge in [0.25, 0.3) is 5.91 Å². The monoisotopic (exact) mass is 322 g/mol. The summed E-state index contributed by atoms with van der Waals surface area (Å²) < 4.78 is 30.3. The summed E-state index contributed by atoms with van der Waals surface area (Å²) in [4.78, 5) is 11.9. The minimum absolute atomic E-state index is 0.0677. The number of nitrogens with one attached hydrogen (secondary N) is 2. The van der Waals surface area contributed by atoms with Gasteiger partial charge in [-0.2, -0.15) is 0 Å². The summed E-state index contributed by atoms with van der Waals surface area (Å²) >= 11 is 0. The third kappa shape index (κ3) is 4.19. The van der Waals surface area contributed by atoms with E-state index in [1.54, 1.807) is 37.3 Å². The summed E-state index contributed by atoms with van der Waals surface area (Å²) in [7, 11) is -1.89. The van der Waals surface area contributed by atoms with Crippen LogP contribution in [0.15, 0.2) is 41.0 Å². The zero-order valence-electron chi connectivity index (χ0n) is 12.4. The van der Waals surface area contributed by atoms with Crippen LogP contribution >= 0.6 is 0 Å². The normalized spacial score (nSPS) is 11.4. The molecule has 118 valence electrons. The molecule has 0 saturated heterocycles. The Bertz CT molecular complexity index is 748. The van der Waals surface area contributed by atoms with E-state index in [0.29, 0.717) is 17.9 Å². The number of hydrogen-bond acceptors (Lipinski definition) is 4. The molecular formula is C15H18N2O4S. The molecule has 0 saturated carbocycles. The topological polar surface area (TPSA) is 88.4 Å². The van der Waals surface area contributed by atoms with E-state index in [2.05, 4.69) is 10.0 Å². The van der Waals surface area contributed by atoms with Crippen molar-refractivity contribution in [2.24, 2.45) is 0 Å². The van der Waals surface area contributed by atoms with Gasteiger partial charge in [-0.25, -0.2) is 13.1 Å². The van der Waals surface area contributed by atoms with Crippen LogP contribution in [0.1, 0.15) is 27.2 Å². The van der Waals surface area contributed by atoms with Crippen LogP contribution in [0.3, 0.4) is 0 Å². The molecule has 0 radical (unpaired) electrons. The van der Waals surface area contributed by atoms with Crippen LogP contribution < -0.4 is 10.0 Å². The molecule has 1 aromatic carbocycles. The zero-order chi connectivity index (χ0) is 16.2. The van der Waals surface area contributed by atoms with Crippen molar-refractivity contribution in [2.45, 2.75) is 19.2 Å². The lowest BCUT2D eigenvalue weighted by Crippen LogP contribution is -2.23. The molecule has 0 fully saturated rings. The maximum absolute atomic E-state index is 11.9. The molecule has 22 heavy (non-hydrogen) atoms. The van der Waals surface area contributed by atoms with E-state index in [0.717, 1.165) is 11.1 Å². The molecule has 0 atom stereocenters. The lowest BCUT2D eigenvalue weighted by molar-refractivity contribution is 0.0922. The predicted molar refractivity (Wildman–Crippen MR) is 82.7 cm³/mol. The van der Waals surface area contributed by atoms with E-state index >= 15 is 0 Å². The molecular weight excluding hydrogens is 304 g/mol. The Morgan fingerprint density at radius 2 is 1.77 bits per heavy atom. The van der Waals surface area contributed by atoms with Gasteiger partial charge in [0.1, 0.15) is 0 Å². The van der Waals surface area contributed by atoms with Gasteiger partial charge >= 0.3 is 0 Å². The second-order valence-electron chi connectivity index (χ2n) is 4.90. The predicted octanol–water partition coefficient (Wildman–Crippen LogP) is 1.57. The fourth-order valence-corrected chi connectivity index (χ4v) is 2.69. The number of sulfonamides is 1. The quantitative estimate of drug-likeness (QED) is 0.845. The largest absolute Gasteiger partial charge is 0.459 e. The number of hydrogen-bond donors (Lipinski definition) is 2. The summed E-state index contributed by atoms with van der Waals surface area (Å²) in [5.41, 5.74) is 2.35. The highest BCUT2D eigenvalue weighted by Gasteiger charge is 2.12. The Hall–Kier alpha value is -2.12. The summed E-state index contributed by atoms with van der Waals surface area (Å²) in [6.07, 6.45) is 1.47. The molecule has 2 aromatic rings. The van der Waals surface area contributed by atoms with Crippen LogP contribution in [0.2, 0.25) is 0 Å². The smallest absolute Gasteiger partial charge is 0.287 e. The number of aryl methyl sites for hydroxylation is 1. The molecule has 0 aliphatic heterocycles. The van der Waals surface area contributed by atoms with E-state index in [4.69, 9.17) is 4.42 Å². The zero-order valence-corrected chi connectivity index (χ0v) is 13.2. The highest BCUT2D eigenvalue weighted by atomic mass is 32.2. The van der Waals surface area contributed by atoms with Gasteiger partial charge in [-0.1, -0.05) is 24.3 Å².